The van der Waals surface area contributed by atoms with E-state index in [2.05, 4.69) is 22.3 Å². The molecule has 1 aliphatic heterocycles. The molecule has 3 rings (SSSR count). The molecule has 1 N–H and O–H groups in total. The van der Waals surface area contributed by atoms with E-state index in [4.69, 9.17) is 9.47 Å². The van der Waals surface area contributed by atoms with Gasteiger partial charge in [0.25, 0.3) is 0 Å². The molecule has 0 saturated carbocycles. The van der Waals surface area contributed by atoms with Crippen molar-refractivity contribution in [1.82, 2.24) is 0 Å². The Bertz CT molecular complexity index is 794. The second kappa shape index (κ2) is 9.12. The van der Waals surface area contributed by atoms with Crippen molar-refractivity contribution >= 4 is 23.4 Å². The maximum absolute atomic E-state index is 12.2. The molecule has 1 aliphatic rings. The van der Waals surface area contributed by atoms with E-state index in [-0.39, 0.29) is 5.91 Å². The maximum atomic E-state index is 12.2. The summed E-state index contributed by atoms with van der Waals surface area (Å²) in [5, 5.41) is 2.89. The average molecular weight is 366 g/mol. The lowest BCUT2D eigenvalue weighted by atomic mass is 10.1. The lowest BCUT2D eigenvalue weighted by Crippen LogP contribution is -2.29. The van der Waals surface area contributed by atoms with E-state index in [1.807, 2.05) is 30.3 Å². The lowest BCUT2D eigenvalue weighted by Gasteiger charge is -2.28. The molecule has 1 amide bonds. The highest BCUT2D eigenvalue weighted by Gasteiger charge is 2.11. The number of methoxy groups -OCH3 is 2. The van der Waals surface area contributed by atoms with Crippen LogP contribution in [0.2, 0.25) is 0 Å². The highest BCUT2D eigenvalue weighted by atomic mass is 16.5. The van der Waals surface area contributed by atoms with Crippen molar-refractivity contribution in [3.8, 4) is 11.5 Å². The largest absolute Gasteiger partial charge is 0.493 e. The number of hydrogen-bond donors (Lipinski definition) is 1. The van der Waals surface area contributed by atoms with E-state index in [0.29, 0.717) is 11.5 Å². The molecule has 0 aromatic heterocycles. The van der Waals surface area contributed by atoms with E-state index in [1.165, 1.54) is 31.0 Å². The first-order chi connectivity index (χ1) is 13.2. The van der Waals surface area contributed by atoms with Crippen molar-refractivity contribution in [2.24, 2.45) is 0 Å². The minimum absolute atomic E-state index is 0.189. The Labute approximate surface area is 160 Å². The molecule has 2 aromatic rings. The second-order valence-electron chi connectivity index (χ2n) is 6.50. The Hall–Kier alpha value is -2.95. The predicted molar refractivity (Wildman–Crippen MR) is 110 cm³/mol. The van der Waals surface area contributed by atoms with E-state index < -0.39 is 0 Å². The van der Waals surface area contributed by atoms with Gasteiger partial charge in [0.15, 0.2) is 11.5 Å². The number of amides is 1. The van der Waals surface area contributed by atoms with Crippen molar-refractivity contribution in [3.05, 3.63) is 54.1 Å². The average Bonchev–Trinajstić information content (AvgIpc) is 2.73. The number of benzene rings is 2. The number of nitrogens with zero attached hydrogens (tertiary/aromatic N) is 1. The van der Waals surface area contributed by atoms with Gasteiger partial charge >= 0.3 is 0 Å². The molecular weight excluding hydrogens is 340 g/mol. The van der Waals surface area contributed by atoms with Crippen LogP contribution in [0.3, 0.4) is 0 Å². The SMILES string of the molecule is COc1cccc(/C=C/C(=O)Nc2ccc(N3CCCCC3)cc2)c1OC. The fraction of sp³-hybridized carbons (Fsp3) is 0.318. The van der Waals surface area contributed by atoms with Crippen LogP contribution in [0.25, 0.3) is 6.08 Å². The van der Waals surface area contributed by atoms with E-state index >= 15 is 0 Å². The number of hydrogen-bond acceptors (Lipinski definition) is 4. The number of nitrogens with one attached hydrogen (secondary N) is 1. The maximum Gasteiger partial charge on any atom is 0.248 e. The molecule has 0 radical (unpaired) electrons. The van der Waals surface area contributed by atoms with Crippen LogP contribution in [-0.2, 0) is 4.79 Å². The van der Waals surface area contributed by atoms with E-state index in [9.17, 15) is 4.79 Å². The van der Waals surface area contributed by atoms with E-state index in [0.717, 1.165) is 24.3 Å². The molecule has 142 valence electrons. The molecule has 1 fully saturated rings. The molecule has 5 nitrogen and oxygen atoms in total. The zero-order chi connectivity index (χ0) is 19.1. The number of rotatable bonds is 6. The number of anilines is 2. The smallest absolute Gasteiger partial charge is 0.248 e. The third-order valence-electron chi connectivity index (χ3n) is 4.70. The normalized spacial score (nSPS) is 14.2. The van der Waals surface area contributed by atoms with Crippen molar-refractivity contribution < 1.29 is 14.3 Å². The number of para-hydroxylation sites is 1. The summed E-state index contributed by atoms with van der Waals surface area (Å²) in [7, 11) is 3.17. The third kappa shape index (κ3) is 4.82. The number of carbonyl (C=O) groups is 1. The summed E-state index contributed by atoms with van der Waals surface area (Å²) in [5.74, 6) is 1.05. The Balaban J connectivity index is 1.63. The lowest BCUT2D eigenvalue weighted by molar-refractivity contribution is -0.111. The molecular formula is C22H26N2O3. The number of piperidine rings is 1. The van der Waals surface area contributed by atoms with Crippen molar-refractivity contribution in [2.45, 2.75) is 19.3 Å². The fourth-order valence-electron chi connectivity index (χ4n) is 3.30. The predicted octanol–water partition coefficient (Wildman–Crippen LogP) is 4.35. The first kappa shape index (κ1) is 18.8. The summed E-state index contributed by atoms with van der Waals surface area (Å²) >= 11 is 0. The highest BCUT2D eigenvalue weighted by Crippen LogP contribution is 2.31. The quantitative estimate of drug-likeness (QED) is 0.773. The van der Waals surface area contributed by atoms with Gasteiger partial charge in [0.05, 0.1) is 14.2 Å². The van der Waals surface area contributed by atoms with Gasteiger partial charge < -0.3 is 19.7 Å². The Morgan fingerprint density at radius 3 is 2.41 bits per heavy atom. The first-order valence-electron chi connectivity index (χ1n) is 9.26. The van der Waals surface area contributed by atoms with Gasteiger partial charge in [0.2, 0.25) is 5.91 Å². The molecule has 0 spiro atoms. The molecule has 1 saturated heterocycles. The van der Waals surface area contributed by atoms with Crippen LogP contribution < -0.4 is 19.7 Å². The zero-order valence-electron chi connectivity index (χ0n) is 15.9. The van der Waals surface area contributed by atoms with Gasteiger partial charge in [0.1, 0.15) is 0 Å². The molecule has 0 aliphatic carbocycles. The van der Waals surface area contributed by atoms with Crippen molar-refractivity contribution in [2.75, 3.05) is 37.5 Å². The van der Waals surface area contributed by atoms with Gasteiger partial charge in [-0.15, -0.1) is 0 Å². The van der Waals surface area contributed by atoms with Crippen molar-refractivity contribution in [3.63, 3.8) is 0 Å². The van der Waals surface area contributed by atoms with Crippen LogP contribution in [0.4, 0.5) is 11.4 Å². The third-order valence-corrected chi connectivity index (χ3v) is 4.70. The standard InChI is InChI=1S/C22H26N2O3/c1-26-20-8-6-7-17(22(20)27-2)9-14-21(25)23-18-10-12-19(13-11-18)24-15-4-3-5-16-24/h6-14H,3-5,15-16H2,1-2H3,(H,23,25)/b14-9+. The molecule has 27 heavy (non-hydrogen) atoms. The highest BCUT2D eigenvalue weighted by molar-refractivity contribution is 6.02. The summed E-state index contributed by atoms with van der Waals surface area (Å²) in [6, 6.07) is 13.6. The summed E-state index contributed by atoms with van der Waals surface area (Å²) in [6.45, 7) is 2.22. The summed E-state index contributed by atoms with van der Waals surface area (Å²) in [4.78, 5) is 14.6. The first-order valence-corrected chi connectivity index (χ1v) is 9.26. The number of carbonyl (C=O) groups excluding carboxylic acids is 1. The zero-order valence-corrected chi connectivity index (χ0v) is 15.9. The Morgan fingerprint density at radius 2 is 1.74 bits per heavy atom. The Morgan fingerprint density at radius 1 is 1.00 bits per heavy atom. The van der Waals surface area contributed by atoms with Crippen LogP contribution in [0, 0.1) is 0 Å². The molecule has 0 bridgehead atoms. The van der Waals surface area contributed by atoms with Gasteiger partial charge in [-0.3, -0.25) is 4.79 Å². The van der Waals surface area contributed by atoms with E-state index in [1.54, 1.807) is 20.3 Å². The van der Waals surface area contributed by atoms with Gasteiger partial charge in [0, 0.05) is 36.1 Å². The summed E-state index contributed by atoms with van der Waals surface area (Å²) in [6.07, 6.45) is 7.03. The Kier molecular flexibility index (Phi) is 6.36. The monoisotopic (exact) mass is 366 g/mol. The van der Waals surface area contributed by atoms with Crippen LogP contribution >= 0.6 is 0 Å². The topological polar surface area (TPSA) is 50.8 Å². The minimum Gasteiger partial charge on any atom is -0.493 e. The minimum atomic E-state index is -0.189. The second-order valence-corrected chi connectivity index (χ2v) is 6.50. The van der Waals surface area contributed by atoms with Crippen LogP contribution in [0.1, 0.15) is 24.8 Å². The van der Waals surface area contributed by atoms with Gasteiger partial charge in [-0.25, -0.2) is 0 Å². The van der Waals surface area contributed by atoms with Crippen LogP contribution in [0.15, 0.2) is 48.5 Å². The summed E-state index contributed by atoms with van der Waals surface area (Å²) in [5.41, 5.74) is 2.78. The van der Waals surface area contributed by atoms with Gasteiger partial charge in [-0.05, 0) is 55.7 Å². The molecule has 2 aromatic carbocycles. The van der Waals surface area contributed by atoms with Gasteiger partial charge in [-0.2, -0.15) is 0 Å². The molecule has 1 heterocycles. The van der Waals surface area contributed by atoms with Crippen LogP contribution in [-0.4, -0.2) is 33.2 Å². The number of ether oxygens (including phenoxy) is 2. The van der Waals surface area contributed by atoms with Crippen molar-refractivity contribution in [1.29, 1.82) is 0 Å². The summed E-state index contributed by atoms with van der Waals surface area (Å²) < 4.78 is 10.7. The molecule has 0 atom stereocenters. The van der Waals surface area contributed by atoms with Gasteiger partial charge in [-0.1, -0.05) is 12.1 Å². The van der Waals surface area contributed by atoms with Crippen LogP contribution in [0.5, 0.6) is 11.5 Å². The molecule has 5 heteroatoms. The molecule has 0 unspecified atom stereocenters. The fourth-order valence-corrected chi connectivity index (χ4v) is 3.30.